The molecule has 2 aromatic carbocycles. The quantitative estimate of drug-likeness (QED) is 0.627. The van der Waals surface area contributed by atoms with Crippen molar-refractivity contribution in [2.75, 3.05) is 12.5 Å². The summed E-state index contributed by atoms with van der Waals surface area (Å²) in [6, 6.07) is 13.6. The third-order valence-corrected chi connectivity index (χ3v) is 5.85. The van der Waals surface area contributed by atoms with Gasteiger partial charge in [-0.1, -0.05) is 42.1 Å². The van der Waals surface area contributed by atoms with Gasteiger partial charge in [-0.05, 0) is 37.1 Å². The summed E-state index contributed by atoms with van der Waals surface area (Å²) < 4.78 is 12.6. The maximum atomic E-state index is 12.4. The minimum absolute atomic E-state index is 0.0689. The fourth-order valence-corrected chi connectivity index (χ4v) is 3.90. The highest BCUT2D eigenvalue weighted by atomic mass is 32.2. The summed E-state index contributed by atoms with van der Waals surface area (Å²) in [5.41, 5.74) is 3.14. The lowest BCUT2D eigenvalue weighted by molar-refractivity contribution is -0.119. The summed E-state index contributed by atoms with van der Waals surface area (Å²) in [5.74, 6) is 2.42. The van der Waals surface area contributed by atoms with E-state index in [4.69, 9.17) is 9.47 Å². The van der Waals surface area contributed by atoms with Gasteiger partial charge in [-0.3, -0.25) is 4.79 Å². The molecule has 0 radical (unpaired) electrons. The maximum absolute atomic E-state index is 12.4. The van der Waals surface area contributed by atoms with Gasteiger partial charge in [0.15, 0.2) is 22.5 Å². The number of hydrogen-bond acceptors (Lipinski definition) is 6. The lowest BCUT2D eigenvalue weighted by Crippen LogP contribution is -2.28. The average molecular weight is 410 g/mol. The van der Waals surface area contributed by atoms with Crippen molar-refractivity contribution in [3.63, 3.8) is 0 Å². The molecule has 1 atom stereocenters. The van der Waals surface area contributed by atoms with Crippen molar-refractivity contribution < 1.29 is 14.3 Å². The molecule has 0 fully saturated rings. The molecule has 0 bridgehead atoms. The molecule has 7 nitrogen and oxygen atoms in total. The van der Waals surface area contributed by atoms with Crippen LogP contribution in [0.3, 0.4) is 0 Å². The molecule has 0 saturated carbocycles. The Bertz CT molecular complexity index is 1050. The molecule has 0 spiro atoms. The molecule has 8 heteroatoms. The molecule has 2 heterocycles. The van der Waals surface area contributed by atoms with E-state index < -0.39 is 0 Å². The Morgan fingerprint density at radius 3 is 2.83 bits per heavy atom. The van der Waals surface area contributed by atoms with E-state index in [2.05, 4.69) is 15.5 Å². The number of ether oxygens (including phenoxy) is 2. The van der Waals surface area contributed by atoms with Crippen molar-refractivity contribution in [1.29, 1.82) is 0 Å². The van der Waals surface area contributed by atoms with Gasteiger partial charge in [0.2, 0.25) is 12.7 Å². The standard InChI is InChI=1S/C21H22N4O3S/c1-13-6-4-5-7-16(13)20-23-24-21(25(20)3)29-11-19(26)22-14(2)15-8-9-17-18(10-15)28-12-27-17/h4-10,14H,11-12H2,1-3H3,(H,22,26)/t14-/m0/s1. The number of hydrogen-bond donors (Lipinski definition) is 1. The lowest BCUT2D eigenvalue weighted by Gasteiger charge is -2.14. The van der Waals surface area contributed by atoms with Crippen molar-refractivity contribution in [1.82, 2.24) is 20.1 Å². The fourth-order valence-electron chi connectivity index (χ4n) is 3.18. The van der Waals surface area contributed by atoms with E-state index in [0.29, 0.717) is 10.9 Å². The van der Waals surface area contributed by atoms with Crippen LogP contribution in [-0.2, 0) is 11.8 Å². The zero-order valence-corrected chi connectivity index (χ0v) is 17.3. The molecule has 1 aliphatic rings. The largest absolute Gasteiger partial charge is 0.454 e. The third kappa shape index (κ3) is 4.07. The molecule has 1 N–H and O–H groups in total. The Balaban J connectivity index is 1.37. The zero-order chi connectivity index (χ0) is 20.4. The maximum Gasteiger partial charge on any atom is 0.231 e. The van der Waals surface area contributed by atoms with E-state index >= 15 is 0 Å². The van der Waals surface area contributed by atoms with E-state index in [0.717, 1.165) is 28.3 Å². The molecule has 0 saturated heterocycles. The van der Waals surface area contributed by atoms with Crippen LogP contribution >= 0.6 is 11.8 Å². The van der Waals surface area contributed by atoms with Crippen molar-refractivity contribution in [3.05, 3.63) is 53.6 Å². The minimum Gasteiger partial charge on any atom is -0.454 e. The molecule has 1 aliphatic heterocycles. The first-order chi connectivity index (χ1) is 14.0. The Morgan fingerprint density at radius 1 is 1.21 bits per heavy atom. The summed E-state index contributed by atoms with van der Waals surface area (Å²) in [6.45, 7) is 4.22. The number of rotatable bonds is 6. The molecular formula is C21H22N4O3S. The van der Waals surface area contributed by atoms with Crippen LogP contribution in [0.2, 0.25) is 0 Å². The van der Waals surface area contributed by atoms with E-state index in [1.54, 1.807) is 0 Å². The van der Waals surface area contributed by atoms with Crippen LogP contribution < -0.4 is 14.8 Å². The topological polar surface area (TPSA) is 78.3 Å². The van der Waals surface area contributed by atoms with Gasteiger partial charge in [0.25, 0.3) is 0 Å². The first-order valence-corrected chi connectivity index (χ1v) is 10.3. The Morgan fingerprint density at radius 2 is 2.00 bits per heavy atom. The van der Waals surface area contributed by atoms with Gasteiger partial charge in [0.05, 0.1) is 11.8 Å². The summed E-state index contributed by atoms with van der Waals surface area (Å²) in [6.07, 6.45) is 0. The zero-order valence-electron chi connectivity index (χ0n) is 16.5. The van der Waals surface area contributed by atoms with Gasteiger partial charge in [0.1, 0.15) is 0 Å². The molecular weight excluding hydrogens is 388 g/mol. The fraction of sp³-hybridized carbons (Fsp3) is 0.286. The highest BCUT2D eigenvalue weighted by molar-refractivity contribution is 7.99. The van der Waals surface area contributed by atoms with Crippen molar-refractivity contribution in [2.45, 2.75) is 25.0 Å². The Hall–Kier alpha value is -3.00. The minimum atomic E-state index is -0.139. The predicted molar refractivity (Wildman–Crippen MR) is 111 cm³/mol. The molecule has 150 valence electrons. The van der Waals surface area contributed by atoms with Crippen LogP contribution in [0.1, 0.15) is 24.1 Å². The molecule has 4 rings (SSSR count). The molecule has 3 aromatic rings. The predicted octanol–water partition coefficient (Wildman–Crippen LogP) is 3.49. The van der Waals surface area contributed by atoms with Crippen LogP contribution in [-0.4, -0.2) is 33.2 Å². The monoisotopic (exact) mass is 410 g/mol. The number of carbonyl (C=O) groups excluding carboxylic acids is 1. The highest BCUT2D eigenvalue weighted by Gasteiger charge is 2.18. The smallest absolute Gasteiger partial charge is 0.231 e. The normalized spacial score (nSPS) is 13.3. The van der Waals surface area contributed by atoms with Gasteiger partial charge in [-0.2, -0.15) is 0 Å². The number of thioether (sulfide) groups is 1. The third-order valence-electron chi connectivity index (χ3n) is 4.83. The summed E-state index contributed by atoms with van der Waals surface area (Å²) in [4.78, 5) is 12.4. The molecule has 0 aliphatic carbocycles. The highest BCUT2D eigenvalue weighted by Crippen LogP contribution is 2.34. The van der Waals surface area contributed by atoms with E-state index in [1.807, 2.05) is 67.9 Å². The first-order valence-electron chi connectivity index (χ1n) is 9.30. The molecule has 1 amide bonds. The van der Waals surface area contributed by atoms with Crippen molar-refractivity contribution in [3.8, 4) is 22.9 Å². The van der Waals surface area contributed by atoms with Gasteiger partial charge < -0.3 is 19.4 Å². The number of aryl methyl sites for hydroxylation is 1. The van der Waals surface area contributed by atoms with E-state index in [-0.39, 0.29) is 24.5 Å². The van der Waals surface area contributed by atoms with Crippen LogP contribution in [0.15, 0.2) is 47.6 Å². The number of carbonyl (C=O) groups is 1. The van der Waals surface area contributed by atoms with Crippen LogP contribution in [0.4, 0.5) is 0 Å². The molecule has 1 aromatic heterocycles. The SMILES string of the molecule is Cc1ccccc1-c1nnc(SCC(=O)N[C@@H](C)c2ccc3c(c2)OCO3)n1C. The number of fused-ring (bicyclic) bond motifs is 1. The van der Waals surface area contributed by atoms with Crippen LogP contribution in [0.25, 0.3) is 11.4 Å². The van der Waals surface area contributed by atoms with Crippen molar-refractivity contribution >= 4 is 17.7 Å². The Labute approximate surface area is 173 Å². The second-order valence-electron chi connectivity index (χ2n) is 6.87. The molecule has 29 heavy (non-hydrogen) atoms. The number of aromatic nitrogens is 3. The van der Waals surface area contributed by atoms with Crippen LogP contribution in [0.5, 0.6) is 11.5 Å². The first kappa shape index (κ1) is 19.3. The number of nitrogens with zero attached hydrogens (tertiary/aromatic N) is 3. The number of benzene rings is 2. The number of nitrogens with one attached hydrogen (secondary N) is 1. The van der Waals surface area contributed by atoms with Gasteiger partial charge in [0, 0.05) is 12.6 Å². The van der Waals surface area contributed by atoms with Gasteiger partial charge >= 0.3 is 0 Å². The Kier molecular flexibility index (Phi) is 5.44. The number of amides is 1. The summed E-state index contributed by atoms with van der Waals surface area (Å²) in [5, 5.41) is 12.3. The van der Waals surface area contributed by atoms with E-state index in [9.17, 15) is 4.79 Å². The lowest BCUT2D eigenvalue weighted by atomic mass is 10.1. The van der Waals surface area contributed by atoms with E-state index in [1.165, 1.54) is 11.8 Å². The van der Waals surface area contributed by atoms with Gasteiger partial charge in [-0.15, -0.1) is 10.2 Å². The summed E-state index contributed by atoms with van der Waals surface area (Å²) in [7, 11) is 1.91. The van der Waals surface area contributed by atoms with Crippen LogP contribution in [0, 0.1) is 6.92 Å². The summed E-state index contributed by atoms with van der Waals surface area (Å²) >= 11 is 1.37. The van der Waals surface area contributed by atoms with Gasteiger partial charge in [-0.25, -0.2) is 0 Å². The van der Waals surface area contributed by atoms with Crippen molar-refractivity contribution in [2.24, 2.45) is 7.05 Å². The second kappa shape index (κ2) is 8.16. The average Bonchev–Trinajstić information content (AvgIpc) is 3.32. The molecule has 0 unspecified atom stereocenters. The second-order valence-corrected chi connectivity index (χ2v) is 7.81.